The fourth-order valence-electron chi connectivity index (χ4n) is 1.99. The van der Waals surface area contributed by atoms with Gasteiger partial charge in [0, 0.05) is 12.2 Å². The zero-order valence-corrected chi connectivity index (χ0v) is 9.81. The van der Waals surface area contributed by atoms with E-state index < -0.39 is 5.97 Å². The topological polar surface area (TPSA) is 88.2 Å². The van der Waals surface area contributed by atoms with Gasteiger partial charge in [-0.25, -0.2) is 9.78 Å². The van der Waals surface area contributed by atoms with Crippen LogP contribution in [0.15, 0.2) is 12.3 Å². The highest BCUT2D eigenvalue weighted by Crippen LogP contribution is 2.31. The number of aromatic nitrogens is 1. The Balaban J connectivity index is 2.07. The number of nitrogen functional groups attached to an aromatic ring is 1. The Bertz CT molecular complexity index is 430. The summed E-state index contributed by atoms with van der Waals surface area (Å²) in [7, 11) is 0. The van der Waals surface area contributed by atoms with E-state index >= 15 is 0 Å². The number of nitrogens with zero attached hydrogens (tertiary/aromatic N) is 1. The summed E-state index contributed by atoms with van der Waals surface area (Å²) >= 11 is 0. The van der Waals surface area contributed by atoms with E-state index in [0.29, 0.717) is 23.5 Å². The van der Waals surface area contributed by atoms with Gasteiger partial charge in [0.2, 0.25) is 0 Å². The molecule has 1 saturated carbocycles. The predicted molar refractivity (Wildman–Crippen MR) is 66.0 cm³/mol. The molecule has 0 saturated heterocycles. The summed E-state index contributed by atoms with van der Waals surface area (Å²) in [5, 5.41) is 12.1. The number of anilines is 2. The number of carbonyl (C=O) groups is 1. The molecule has 1 fully saturated rings. The summed E-state index contributed by atoms with van der Waals surface area (Å²) < 4.78 is 0. The van der Waals surface area contributed by atoms with Gasteiger partial charge in [-0.1, -0.05) is 6.42 Å². The number of nitrogens with one attached hydrogen (secondary N) is 1. The first kappa shape index (κ1) is 11.7. The normalized spacial score (nSPS) is 17.2. The molecule has 0 spiro atoms. The zero-order chi connectivity index (χ0) is 12.4. The lowest BCUT2D eigenvalue weighted by Crippen LogP contribution is -2.31. The average molecular weight is 235 g/mol. The van der Waals surface area contributed by atoms with Gasteiger partial charge in [-0.05, 0) is 31.7 Å². The molecule has 5 heteroatoms. The van der Waals surface area contributed by atoms with Crippen molar-refractivity contribution in [2.24, 2.45) is 5.92 Å². The van der Waals surface area contributed by atoms with Crippen molar-refractivity contribution in [1.29, 1.82) is 0 Å². The minimum absolute atomic E-state index is 0.115. The number of carboxylic acid groups (broad SMARTS) is 1. The summed E-state index contributed by atoms with van der Waals surface area (Å²) in [4.78, 5) is 14.8. The molecule has 92 valence electrons. The second-order valence-corrected chi connectivity index (χ2v) is 4.59. The molecule has 1 unspecified atom stereocenters. The number of pyridine rings is 1. The van der Waals surface area contributed by atoms with E-state index in [1.54, 1.807) is 0 Å². The molecule has 0 radical (unpaired) electrons. The SMILES string of the molecule is CC(Nc1ncc(C(=O)O)cc1N)C1CCC1. The second-order valence-electron chi connectivity index (χ2n) is 4.59. The third-order valence-corrected chi connectivity index (χ3v) is 3.39. The van der Waals surface area contributed by atoms with Gasteiger partial charge in [-0.15, -0.1) is 0 Å². The van der Waals surface area contributed by atoms with E-state index in [2.05, 4.69) is 17.2 Å². The quantitative estimate of drug-likeness (QED) is 0.742. The van der Waals surface area contributed by atoms with Crippen LogP contribution in [0.2, 0.25) is 0 Å². The highest BCUT2D eigenvalue weighted by atomic mass is 16.4. The summed E-state index contributed by atoms with van der Waals surface area (Å²) in [6, 6.07) is 1.76. The van der Waals surface area contributed by atoms with E-state index in [1.807, 2.05) is 0 Å². The number of hydrogen-bond donors (Lipinski definition) is 3. The third kappa shape index (κ3) is 2.49. The highest BCUT2D eigenvalue weighted by Gasteiger charge is 2.24. The molecule has 0 aromatic carbocycles. The molecule has 1 aromatic heterocycles. The molecule has 1 heterocycles. The van der Waals surface area contributed by atoms with Crippen LogP contribution in [-0.4, -0.2) is 22.1 Å². The van der Waals surface area contributed by atoms with Crippen LogP contribution < -0.4 is 11.1 Å². The van der Waals surface area contributed by atoms with Gasteiger partial charge < -0.3 is 16.2 Å². The summed E-state index contributed by atoms with van der Waals surface area (Å²) in [6.07, 6.45) is 5.09. The molecule has 17 heavy (non-hydrogen) atoms. The van der Waals surface area contributed by atoms with Crippen molar-refractivity contribution in [3.8, 4) is 0 Å². The fraction of sp³-hybridized carbons (Fsp3) is 0.500. The number of rotatable bonds is 4. The van der Waals surface area contributed by atoms with Gasteiger partial charge in [0.05, 0.1) is 11.3 Å². The van der Waals surface area contributed by atoms with Gasteiger partial charge in [0.1, 0.15) is 5.82 Å². The molecule has 1 atom stereocenters. The van der Waals surface area contributed by atoms with E-state index in [9.17, 15) is 4.79 Å². The fourth-order valence-corrected chi connectivity index (χ4v) is 1.99. The zero-order valence-electron chi connectivity index (χ0n) is 9.81. The van der Waals surface area contributed by atoms with Crippen LogP contribution in [0.5, 0.6) is 0 Å². The first-order valence-corrected chi connectivity index (χ1v) is 5.83. The Morgan fingerprint density at radius 3 is 2.82 bits per heavy atom. The minimum atomic E-state index is -1.01. The van der Waals surface area contributed by atoms with Crippen molar-refractivity contribution in [2.75, 3.05) is 11.1 Å². The van der Waals surface area contributed by atoms with Crippen molar-refractivity contribution in [3.05, 3.63) is 17.8 Å². The Morgan fingerprint density at radius 1 is 1.65 bits per heavy atom. The average Bonchev–Trinajstić information content (AvgIpc) is 2.18. The Morgan fingerprint density at radius 2 is 2.35 bits per heavy atom. The molecule has 0 bridgehead atoms. The van der Waals surface area contributed by atoms with Crippen molar-refractivity contribution in [3.63, 3.8) is 0 Å². The number of aromatic carboxylic acids is 1. The van der Waals surface area contributed by atoms with E-state index in [-0.39, 0.29) is 5.56 Å². The molecule has 4 N–H and O–H groups in total. The lowest BCUT2D eigenvalue weighted by atomic mass is 9.80. The molecule has 0 amide bonds. The van der Waals surface area contributed by atoms with Crippen molar-refractivity contribution < 1.29 is 9.90 Å². The van der Waals surface area contributed by atoms with Crippen LogP contribution in [-0.2, 0) is 0 Å². The molecule has 1 aliphatic rings. The lowest BCUT2D eigenvalue weighted by molar-refractivity contribution is 0.0696. The number of carboxylic acids is 1. The lowest BCUT2D eigenvalue weighted by Gasteiger charge is -2.32. The largest absolute Gasteiger partial charge is 0.478 e. The predicted octanol–water partition coefficient (Wildman–Crippen LogP) is 1.96. The molecule has 0 aliphatic heterocycles. The van der Waals surface area contributed by atoms with Gasteiger partial charge in [-0.3, -0.25) is 0 Å². The first-order chi connectivity index (χ1) is 8.08. The van der Waals surface area contributed by atoms with Gasteiger partial charge in [0.25, 0.3) is 0 Å². The molecule has 1 aliphatic carbocycles. The van der Waals surface area contributed by atoms with E-state index in [0.717, 1.165) is 0 Å². The van der Waals surface area contributed by atoms with E-state index in [4.69, 9.17) is 10.8 Å². The standard InChI is InChI=1S/C12H17N3O2/c1-7(8-3-2-4-8)15-11-10(13)5-9(6-14-11)12(16)17/h5-8H,2-4,13H2,1H3,(H,14,15)(H,16,17). The highest BCUT2D eigenvalue weighted by molar-refractivity contribution is 5.89. The summed E-state index contributed by atoms with van der Waals surface area (Å²) in [5.74, 6) is 0.243. The van der Waals surface area contributed by atoms with Crippen LogP contribution in [0.25, 0.3) is 0 Å². The van der Waals surface area contributed by atoms with E-state index in [1.165, 1.54) is 31.5 Å². The number of hydrogen-bond acceptors (Lipinski definition) is 4. The van der Waals surface area contributed by atoms with Gasteiger partial charge >= 0.3 is 5.97 Å². The van der Waals surface area contributed by atoms with Gasteiger partial charge in [0.15, 0.2) is 0 Å². The van der Waals surface area contributed by atoms with Crippen LogP contribution in [0.4, 0.5) is 11.5 Å². The smallest absolute Gasteiger partial charge is 0.337 e. The maximum Gasteiger partial charge on any atom is 0.337 e. The van der Waals surface area contributed by atoms with Crippen LogP contribution in [0, 0.1) is 5.92 Å². The Kier molecular flexibility index (Phi) is 3.17. The third-order valence-electron chi connectivity index (χ3n) is 3.39. The molecule has 1 aromatic rings. The van der Waals surface area contributed by atoms with Crippen molar-refractivity contribution in [1.82, 2.24) is 4.98 Å². The molecular weight excluding hydrogens is 218 g/mol. The van der Waals surface area contributed by atoms with Crippen LogP contribution in [0.3, 0.4) is 0 Å². The van der Waals surface area contributed by atoms with Crippen molar-refractivity contribution in [2.45, 2.75) is 32.2 Å². The maximum absolute atomic E-state index is 10.7. The Labute approximate surface area is 100 Å². The van der Waals surface area contributed by atoms with Crippen LogP contribution >= 0.6 is 0 Å². The summed E-state index contributed by atoms with van der Waals surface area (Å²) in [6.45, 7) is 2.11. The molecular formula is C12H17N3O2. The van der Waals surface area contributed by atoms with Crippen LogP contribution in [0.1, 0.15) is 36.5 Å². The summed E-state index contributed by atoms with van der Waals surface area (Å²) in [5.41, 5.74) is 6.28. The second kappa shape index (κ2) is 4.61. The minimum Gasteiger partial charge on any atom is -0.478 e. The maximum atomic E-state index is 10.7. The molecule has 2 rings (SSSR count). The van der Waals surface area contributed by atoms with Crippen molar-refractivity contribution >= 4 is 17.5 Å². The number of nitrogens with two attached hydrogens (primary N) is 1. The monoisotopic (exact) mass is 235 g/mol. The first-order valence-electron chi connectivity index (χ1n) is 5.83. The Hall–Kier alpha value is -1.78. The molecule has 5 nitrogen and oxygen atoms in total. The van der Waals surface area contributed by atoms with Gasteiger partial charge in [-0.2, -0.15) is 0 Å².